The van der Waals surface area contributed by atoms with Gasteiger partial charge >= 0.3 is 0 Å². The summed E-state index contributed by atoms with van der Waals surface area (Å²) in [7, 11) is 1.38. The molecule has 0 saturated heterocycles. The van der Waals surface area contributed by atoms with E-state index in [1.807, 2.05) is 0 Å². The normalized spacial score (nSPS) is 9.40. The van der Waals surface area contributed by atoms with Crippen molar-refractivity contribution < 1.29 is 19.6 Å². The third-order valence-corrected chi connectivity index (χ3v) is 0.885. The highest BCUT2D eigenvalue weighted by atomic mass is 32.1. The molecule has 0 aliphatic carbocycles. The van der Waals surface area contributed by atoms with Crippen LogP contribution in [0.1, 0.15) is 0 Å². The second-order valence-corrected chi connectivity index (χ2v) is 1.83. The first kappa shape index (κ1) is 9.77. The second-order valence-electron chi connectivity index (χ2n) is 1.37. The van der Waals surface area contributed by atoms with Crippen molar-refractivity contribution in [1.82, 2.24) is 0 Å². The molecule has 4 nitrogen and oxygen atoms in total. The molecule has 10 heavy (non-hydrogen) atoms. The molecule has 0 amide bonds. The molecular weight excluding hydrogens is 156 g/mol. The minimum absolute atomic E-state index is 0.0485. The molecule has 0 aromatic rings. The van der Waals surface area contributed by atoms with E-state index in [0.29, 0.717) is 0 Å². The van der Waals surface area contributed by atoms with Gasteiger partial charge < -0.3 is 9.84 Å². The Morgan fingerprint density at radius 3 is 2.80 bits per heavy atom. The van der Waals surface area contributed by atoms with Gasteiger partial charge in [-0.3, -0.25) is 0 Å². The first-order valence-corrected chi connectivity index (χ1v) is 3.14. The predicted octanol–water partition coefficient (Wildman–Crippen LogP) is -0.0993. The molecule has 5 heteroatoms. The molecule has 0 spiro atoms. The number of rotatable bonds is 5. The van der Waals surface area contributed by atoms with Crippen molar-refractivity contribution in [3.8, 4) is 0 Å². The van der Waals surface area contributed by atoms with Gasteiger partial charge in [-0.25, -0.2) is 9.78 Å². The van der Waals surface area contributed by atoms with Crippen molar-refractivity contribution in [2.75, 3.05) is 26.9 Å². The Morgan fingerprint density at radius 2 is 2.30 bits per heavy atom. The maximum Gasteiger partial charge on any atom is 0.189 e. The number of aliphatic hydroxyl groups excluding tert-OH is 1. The van der Waals surface area contributed by atoms with Crippen molar-refractivity contribution in [2.45, 2.75) is 0 Å². The van der Waals surface area contributed by atoms with Gasteiger partial charge in [0.25, 0.3) is 0 Å². The van der Waals surface area contributed by atoms with Crippen LogP contribution < -0.4 is 0 Å². The Kier molecular flexibility index (Phi) is 6.73. The topological polar surface area (TPSA) is 47.9 Å². The van der Waals surface area contributed by atoms with E-state index >= 15 is 0 Å². The lowest BCUT2D eigenvalue weighted by Gasteiger charge is -2.03. The zero-order valence-electron chi connectivity index (χ0n) is 5.70. The Hall–Kier alpha value is -0.230. The SMILES string of the molecule is COOCC(=S)OCCO. The summed E-state index contributed by atoms with van der Waals surface area (Å²) in [6.45, 7) is 0.269. The van der Waals surface area contributed by atoms with E-state index < -0.39 is 0 Å². The number of hydrogen-bond acceptors (Lipinski definition) is 5. The highest BCUT2D eigenvalue weighted by Gasteiger charge is 1.95. The fourth-order valence-electron chi connectivity index (χ4n) is 0.308. The van der Waals surface area contributed by atoms with Crippen LogP contribution in [0.25, 0.3) is 0 Å². The zero-order chi connectivity index (χ0) is 7.82. The van der Waals surface area contributed by atoms with Gasteiger partial charge in [0.15, 0.2) is 11.7 Å². The van der Waals surface area contributed by atoms with Gasteiger partial charge in [-0.2, -0.15) is 0 Å². The molecule has 0 unspecified atom stereocenters. The highest BCUT2D eigenvalue weighted by Crippen LogP contribution is 1.84. The van der Waals surface area contributed by atoms with Crippen LogP contribution in [0, 0.1) is 0 Å². The Morgan fingerprint density at radius 1 is 1.60 bits per heavy atom. The van der Waals surface area contributed by atoms with E-state index in [2.05, 4.69) is 22.0 Å². The van der Waals surface area contributed by atoms with E-state index in [1.165, 1.54) is 7.11 Å². The average molecular weight is 166 g/mol. The zero-order valence-corrected chi connectivity index (χ0v) is 6.52. The van der Waals surface area contributed by atoms with Crippen LogP contribution in [0.4, 0.5) is 0 Å². The Balaban J connectivity index is 3.09. The average Bonchev–Trinajstić information content (AvgIpc) is 1.97. The van der Waals surface area contributed by atoms with Gasteiger partial charge in [0.2, 0.25) is 0 Å². The van der Waals surface area contributed by atoms with Gasteiger partial charge in [-0.15, -0.1) is 0 Å². The molecular formula is C5H10O4S. The minimum Gasteiger partial charge on any atom is -0.482 e. The molecule has 1 N–H and O–H groups in total. The van der Waals surface area contributed by atoms with Crippen LogP contribution in [0.15, 0.2) is 0 Å². The van der Waals surface area contributed by atoms with Crippen molar-refractivity contribution in [3.05, 3.63) is 0 Å². The van der Waals surface area contributed by atoms with Crippen molar-refractivity contribution in [3.63, 3.8) is 0 Å². The lowest BCUT2D eigenvalue weighted by molar-refractivity contribution is -0.261. The third kappa shape index (κ3) is 5.90. The summed E-state index contributed by atoms with van der Waals surface area (Å²) in [6.07, 6.45) is 0. The van der Waals surface area contributed by atoms with Crippen molar-refractivity contribution in [1.29, 1.82) is 0 Å². The van der Waals surface area contributed by atoms with Crippen LogP contribution in [0.5, 0.6) is 0 Å². The molecule has 0 aromatic carbocycles. The van der Waals surface area contributed by atoms with Crippen molar-refractivity contribution in [2.24, 2.45) is 0 Å². The second kappa shape index (κ2) is 6.88. The summed E-state index contributed by atoms with van der Waals surface area (Å²) >= 11 is 4.65. The molecule has 0 atom stereocenters. The largest absolute Gasteiger partial charge is 0.482 e. The fraction of sp³-hybridized carbons (Fsp3) is 0.800. The van der Waals surface area contributed by atoms with Crippen LogP contribution in [-0.4, -0.2) is 37.1 Å². The molecule has 0 bridgehead atoms. The fourth-order valence-corrected chi connectivity index (χ4v) is 0.440. The van der Waals surface area contributed by atoms with E-state index in [-0.39, 0.29) is 24.9 Å². The lowest BCUT2D eigenvalue weighted by Crippen LogP contribution is -2.12. The standard InChI is InChI=1S/C5H10O4S/c1-7-9-4-5(10)8-3-2-6/h6H,2-4H2,1H3. The quantitative estimate of drug-likeness (QED) is 0.351. The summed E-state index contributed by atoms with van der Waals surface area (Å²) < 4.78 is 4.77. The molecule has 0 heterocycles. The van der Waals surface area contributed by atoms with Gasteiger partial charge in [-0.05, 0) is 12.2 Å². The molecule has 0 rings (SSSR count). The number of ether oxygens (including phenoxy) is 1. The van der Waals surface area contributed by atoms with Crippen LogP contribution in [0.3, 0.4) is 0 Å². The van der Waals surface area contributed by atoms with E-state index in [9.17, 15) is 0 Å². The first-order chi connectivity index (χ1) is 4.81. The summed E-state index contributed by atoms with van der Waals surface area (Å²) in [5, 5.41) is 8.56. The van der Waals surface area contributed by atoms with Gasteiger partial charge in [-0.1, -0.05) is 0 Å². The lowest BCUT2D eigenvalue weighted by atomic mass is 10.7. The third-order valence-electron chi connectivity index (χ3n) is 0.649. The summed E-state index contributed by atoms with van der Waals surface area (Å²) in [4.78, 5) is 8.71. The van der Waals surface area contributed by atoms with E-state index in [1.54, 1.807) is 0 Å². The Labute approximate surface area is 64.6 Å². The molecule has 0 aromatic heterocycles. The monoisotopic (exact) mass is 166 g/mol. The minimum atomic E-state index is -0.0485. The number of hydrogen-bond donors (Lipinski definition) is 1. The van der Waals surface area contributed by atoms with Gasteiger partial charge in [0, 0.05) is 0 Å². The molecule has 0 saturated carbocycles. The number of aliphatic hydroxyl groups is 1. The van der Waals surface area contributed by atoms with E-state index in [0.717, 1.165) is 0 Å². The van der Waals surface area contributed by atoms with Gasteiger partial charge in [0.05, 0.1) is 13.7 Å². The molecule has 0 aliphatic heterocycles. The predicted molar refractivity (Wildman–Crippen MR) is 38.6 cm³/mol. The summed E-state index contributed by atoms with van der Waals surface area (Å²) in [6, 6.07) is 0. The first-order valence-electron chi connectivity index (χ1n) is 2.73. The molecule has 60 valence electrons. The number of thiocarbonyl (C=S) groups is 1. The van der Waals surface area contributed by atoms with Crippen LogP contribution >= 0.6 is 12.2 Å². The molecule has 0 fully saturated rings. The van der Waals surface area contributed by atoms with Crippen LogP contribution in [-0.2, 0) is 14.5 Å². The maximum atomic E-state index is 8.28. The van der Waals surface area contributed by atoms with Crippen LogP contribution in [0.2, 0.25) is 0 Å². The van der Waals surface area contributed by atoms with Gasteiger partial charge in [0.1, 0.15) is 6.61 Å². The Bertz CT molecular complexity index is 85.6. The van der Waals surface area contributed by atoms with E-state index in [4.69, 9.17) is 9.84 Å². The molecule has 0 radical (unpaired) electrons. The summed E-state index contributed by atoms with van der Waals surface area (Å²) in [5.74, 6) is 0. The van der Waals surface area contributed by atoms with Crippen molar-refractivity contribution >= 4 is 17.3 Å². The smallest absolute Gasteiger partial charge is 0.189 e. The molecule has 0 aliphatic rings. The maximum absolute atomic E-state index is 8.28. The summed E-state index contributed by atoms with van der Waals surface area (Å²) in [5.41, 5.74) is 0. The highest BCUT2D eigenvalue weighted by molar-refractivity contribution is 7.80.